The summed E-state index contributed by atoms with van der Waals surface area (Å²) in [5.41, 5.74) is 2.34. The summed E-state index contributed by atoms with van der Waals surface area (Å²) in [4.78, 5) is 40.4. The maximum atomic E-state index is 13.6. The van der Waals surface area contributed by atoms with Crippen LogP contribution in [0.2, 0.25) is 0 Å². The van der Waals surface area contributed by atoms with Gasteiger partial charge in [-0.3, -0.25) is 9.59 Å². The van der Waals surface area contributed by atoms with E-state index in [2.05, 4.69) is 0 Å². The number of benzene rings is 2. The SMILES string of the molecule is COC(=O)[C@H]1CN(C(=O)c2cn3c4c(cccc4c2=O)CCC3)c2ccccc2O1. The monoisotopic (exact) mass is 404 g/mol. The van der Waals surface area contributed by atoms with Gasteiger partial charge < -0.3 is 18.9 Å². The molecule has 0 radical (unpaired) electrons. The molecular weight excluding hydrogens is 384 g/mol. The van der Waals surface area contributed by atoms with Gasteiger partial charge in [0.1, 0.15) is 11.3 Å². The molecule has 30 heavy (non-hydrogen) atoms. The van der Waals surface area contributed by atoms with Crippen molar-refractivity contribution in [1.82, 2.24) is 4.57 Å². The van der Waals surface area contributed by atoms with Gasteiger partial charge in [0.05, 0.1) is 24.9 Å². The number of carbonyl (C=O) groups excluding carboxylic acids is 2. The van der Waals surface area contributed by atoms with Crippen LogP contribution < -0.4 is 15.1 Å². The average molecular weight is 404 g/mol. The molecule has 5 rings (SSSR count). The molecule has 0 N–H and O–H groups in total. The maximum absolute atomic E-state index is 13.6. The highest BCUT2D eigenvalue weighted by atomic mass is 16.6. The molecule has 7 heteroatoms. The lowest BCUT2D eigenvalue weighted by molar-refractivity contribution is -0.148. The van der Waals surface area contributed by atoms with Crippen LogP contribution in [0.5, 0.6) is 5.75 Å². The zero-order valence-corrected chi connectivity index (χ0v) is 16.5. The molecule has 3 heterocycles. The molecule has 0 saturated carbocycles. The van der Waals surface area contributed by atoms with Gasteiger partial charge in [0.15, 0.2) is 0 Å². The second-order valence-electron chi connectivity index (χ2n) is 7.50. The number of esters is 1. The number of hydrogen-bond donors (Lipinski definition) is 0. The minimum Gasteiger partial charge on any atom is -0.475 e. The van der Waals surface area contributed by atoms with Crippen LogP contribution in [-0.2, 0) is 22.5 Å². The van der Waals surface area contributed by atoms with Gasteiger partial charge in [0.2, 0.25) is 11.5 Å². The van der Waals surface area contributed by atoms with Gasteiger partial charge >= 0.3 is 5.97 Å². The predicted octanol–water partition coefficient (Wildman–Crippen LogP) is 2.53. The van der Waals surface area contributed by atoms with E-state index >= 15 is 0 Å². The first-order chi connectivity index (χ1) is 14.6. The summed E-state index contributed by atoms with van der Waals surface area (Å²) in [5.74, 6) is -0.624. The van der Waals surface area contributed by atoms with Gasteiger partial charge in [-0.15, -0.1) is 0 Å². The molecule has 3 aromatic rings. The molecule has 0 saturated heterocycles. The molecule has 0 unspecified atom stereocenters. The van der Waals surface area contributed by atoms with Crippen LogP contribution in [0.25, 0.3) is 10.9 Å². The minimum absolute atomic E-state index is 0.0277. The number of amides is 1. The Bertz CT molecular complexity index is 1250. The lowest BCUT2D eigenvalue weighted by Gasteiger charge is -2.33. The van der Waals surface area contributed by atoms with Gasteiger partial charge in [-0.1, -0.05) is 24.3 Å². The first kappa shape index (κ1) is 18.4. The van der Waals surface area contributed by atoms with E-state index in [1.807, 2.05) is 16.7 Å². The predicted molar refractivity (Wildman–Crippen MR) is 111 cm³/mol. The Morgan fingerprint density at radius 1 is 1.13 bits per heavy atom. The fourth-order valence-electron chi connectivity index (χ4n) is 4.33. The molecule has 0 aliphatic carbocycles. The molecule has 1 amide bonds. The highest BCUT2D eigenvalue weighted by molar-refractivity contribution is 6.09. The number of nitrogens with zero attached hydrogens (tertiary/aromatic N) is 2. The number of methoxy groups -OCH3 is 1. The Morgan fingerprint density at radius 3 is 2.80 bits per heavy atom. The van der Waals surface area contributed by atoms with Crippen molar-refractivity contribution < 1.29 is 19.1 Å². The van der Waals surface area contributed by atoms with Crippen molar-refractivity contribution in [2.75, 3.05) is 18.6 Å². The smallest absolute Gasteiger partial charge is 0.348 e. The number of hydrogen-bond acceptors (Lipinski definition) is 5. The van der Waals surface area contributed by atoms with Gasteiger partial charge in [-0.2, -0.15) is 0 Å². The third-order valence-electron chi connectivity index (χ3n) is 5.74. The quantitative estimate of drug-likeness (QED) is 0.614. The number of aryl methyl sites for hydroxylation is 2. The normalized spacial score (nSPS) is 17.2. The van der Waals surface area contributed by atoms with Crippen molar-refractivity contribution in [3.05, 3.63) is 70.0 Å². The molecular formula is C23H20N2O5. The van der Waals surface area contributed by atoms with Crippen LogP contribution in [0.4, 0.5) is 5.69 Å². The summed E-state index contributed by atoms with van der Waals surface area (Å²) in [6, 6.07) is 12.6. The van der Waals surface area contributed by atoms with E-state index in [4.69, 9.17) is 9.47 Å². The van der Waals surface area contributed by atoms with Gasteiger partial charge in [0, 0.05) is 18.1 Å². The van der Waals surface area contributed by atoms with Crippen molar-refractivity contribution in [2.45, 2.75) is 25.5 Å². The van der Waals surface area contributed by atoms with Crippen molar-refractivity contribution in [1.29, 1.82) is 0 Å². The lowest BCUT2D eigenvalue weighted by Crippen LogP contribution is -2.48. The van der Waals surface area contributed by atoms with Gasteiger partial charge in [-0.25, -0.2) is 4.79 Å². The van der Waals surface area contributed by atoms with Crippen LogP contribution in [0.1, 0.15) is 22.3 Å². The number of carbonyl (C=O) groups is 2. The number of aromatic nitrogens is 1. The van der Waals surface area contributed by atoms with Crippen LogP contribution >= 0.6 is 0 Å². The van der Waals surface area contributed by atoms with E-state index in [0.29, 0.717) is 16.8 Å². The molecule has 2 aromatic carbocycles. The molecule has 7 nitrogen and oxygen atoms in total. The second-order valence-corrected chi connectivity index (χ2v) is 7.50. The number of ether oxygens (including phenoxy) is 2. The highest BCUT2D eigenvalue weighted by Crippen LogP contribution is 2.34. The third-order valence-corrected chi connectivity index (χ3v) is 5.74. The Kier molecular flexibility index (Phi) is 4.31. The molecule has 1 atom stereocenters. The molecule has 0 spiro atoms. The van der Waals surface area contributed by atoms with Crippen LogP contribution in [-0.4, -0.2) is 36.2 Å². The lowest BCUT2D eigenvalue weighted by atomic mass is 9.99. The zero-order chi connectivity index (χ0) is 20.8. The summed E-state index contributed by atoms with van der Waals surface area (Å²) in [6.45, 7) is 0.721. The van der Waals surface area contributed by atoms with Crippen molar-refractivity contribution >= 4 is 28.5 Å². The fourth-order valence-corrected chi connectivity index (χ4v) is 4.33. The largest absolute Gasteiger partial charge is 0.475 e. The molecule has 1 aromatic heterocycles. The van der Waals surface area contributed by atoms with E-state index < -0.39 is 18.0 Å². The standard InChI is InChI=1S/C23H20N2O5/c1-29-23(28)19-13-25(17-9-2-3-10-18(17)30-19)22(27)16-12-24-11-5-7-14-6-4-8-15(20(14)24)21(16)26/h2-4,6,8-10,12,19H,5,7,11,13H2,1H3/t19-/m1/s1. The van der Waals surface area contributed by atoms with Crippen LogP contribution in [0.15, 0.2) is 53.5 Å². The Hall–Kier alpha value is -3.61. The van der Waals surface area contributed by atoms with E-state index in [1.54, 1.807) is 36.5 Å². The van der Waals surface area contributed by atoms with E-state index in [-0.39, 0.29) is 17.5 Å². The topological polar surface area (TPSA) is 77.8 Å². The number of para-hydroxylation sites is 3. The van der Waals surface area contributed by atoms with E-state index in [1.165, 1.54) is 12.0 Å². The van der Waals surface area contributed by atoms with Gasteiger partial charge in [-0.05, 0) is 36.6 Å². The van der Waals surface area contributed by atoms with Crippen molar-refractivity contribution in [2.24, 2.45) is 0 Å². The molecule has 152 valence electrons. The van der Waals surface area contributed by atoms with Crippen molar-refractivity contribution in [3.8, 4) is 5.75 Å². The summed E-state index contributed by atoms with van der Waals surface area (Å²) < 4.78 is 12.5. The highest BCUT2D eigenvalue weighted by Gasteiger charge is 2.36. The average Bonchev–Trinajstić information content (AvgIpc) is 2.79. The zero-order valence-electron chi connectivity index (χ0n) is 16.5. The minimum atomic E-state index is -0.956. The first-order valence-corrected chi connectivity index (χ1v) is 9.89. The van der Waals surface area contributed by atoms with Crippen molar-refractivity contribution in [3.63, 3.8) is 0 Å². The Morgan fingerprint density at radius 2 is 1.97 bits per heavy atom. The Labute approximate surface area is 172 Å². The Balaban J connectivity index is 1.64. The molecule has 0 bridgehead atoms. The third kappa shape index (κ3) is 2.77. The number of anilines is 1. The molecule has 2 aliphatic rings. The fraction of sp³-hybridized carbons (Fsp3) is 0.261. The number of fused-ring (bicyclic) bond motifs is 1. The summed E-state index contributed by atoms with van der Waals surface area (Å²) in [7, 11) is 1.27. The van der Waals surface area contributed by atoms with Crippen LogP contribution in [0, 0.1) is 0 Å². The molecule has 0 fully saturated rings. The second kappa shape index (κ2) is 7.02. The number of pyridine rings is 1. The summed E-state index contributed by atoms with van der Waals surface area (Å²) in [6.07, 6.45) is 2.57. The maximum Gasteiger partial charge on any atom is 0.348 e. The molecule has 2 aliphatic heterocycles. The van der Waals surface area contributed by atoms with Gasteiger partial charge in [0.25, 0.3) is 5.91 Å². The van der Waals surface area contributed by atoms with Crippen LogP contribution in [0.3, 0.4) is 0 Å². The number of rotatable bonds is 2. The first-order valence-electron chi connectivity index (χ1n) is 9.89. The summed E-state index contributed by atoms with van der Waals surface area (Å²) in [5, 5.41) is 0.545. The van der Waals surface area contributed by atoms with E-state index in [9.17, 15) is 14.4 Å². The summed E-state index contributed by atoms with van der Waals surface area (Å²) >= 11 is 0. The van der Waals surface area contributed by atoms with E-state index in [0.717, 1.165) is 30.5 Å².